The molecule has 0 amide bonds. The Bertz CT molecular complexity index is 2880. The number of aromatic amines is 2. The molecule has 4 aromatic heterocycles. The summed E-state index contributed by atoms with van der Waals surface area (Å²) in [5, 5.41) is 25.0. The fraction of sp³-hybridized carbons (Fsp3) is 0. The number of hydrogen-bond donors (Lipinski definition) is 2. The van der Waals surface area contributed by atoms with Gasteiger partial charge >= 0.3 is 0 Å². The highest BCUT2D eigenvalue weighted by molar-refractivity contribution is 9.10. The molecule has 10 heteroatoms. The van der Waals surface area contributed by atoms with E-state index in [9.17, 15) is 10.5 Å². The lowest BCUT2D eigenvalue weighted by Crippen LogP contribution is -2.03. The second-order valence-corrected chi connectivity index (χ2v) is 15.6. The molecule has 0 fully saturated rings. The van der Waals surface area contributed by atoms with Gasteiger partial charge in [-0.15, -0.1) is 0 Å². The first kappa shape index (κ1) is 35.4. The third kappa shape index (κ3) is 6.80. The Morgan fingerprint density at radius 2 is 1.26 bits per heavy atom. The number of halogens is 3. The maximum absolute atomic E-state index is 11.4. The molecule has 0 saturated heterocycles. The van der Waals surface area contributed by atoms with Crippen LogP contribution in [-0.4, -0.2) is 19.9 Å². The van der Waals surface area contributed by atoms with Crippen LogP contribution in [0.1, 0.15) is 22.3 Å². The van der Waals surface area contributed by atoms with E-state index in [1.165, 1.54) is 0 Å². The summed E-state index contributed by atoms with van der Waals surface area (Å²) in [5.41, 5.74) is 7.77. The Morgan fingerprint density at radius 3 is 1.96 bits per heavy atom. The fourth-order valence-corrected chi connectivity index (χ4v) is 8.54. The molecule has 8 aromatic rings. The van der Waals surface area contributed by atoms with E-state index >= 15 is 0 Å². The van der Waals surface area contributed by atoms with Gasteiger partial charge in [0.1, 0.15) is 12.1 Å². The van der Waals surface area contributed by atoms with Crippen LogP contribution in [-0.2, 0) is 0 Å². The number of nitrogens with zero attached hydrogens (tertiary/aromatic N) is 4. The van der Waals surface area contributed by atoms with Crippen molar-refractivity contribution in [2.24, 2.45) is 0 Å². The zero-order valence-corrected chi connectivity index (χ0v) is 32.9. The van der Waals surface area contributed by atoms with E-state index in [2.05, 4.69) is 63.9 Å². The first-order valence-corrected chi connectivity index (χ1v) is 19.4. The van der Waals surface area contributed by atoms with Crippen LogP contribution in [0.4, 0.5) is 0 Å². The quantitative estimate of drug-likeness (QED) is 0.117. The van der Waals surface area contributed by atoms with Gasteiger partial charge in [-0.3, -0.25) is 9.97 Å². The predicted molar refractivity (Wildman–Crippen MR) is 226 cm³/mol. The van der Waals surface area contributed by atoms with E-state index in [1.807, 2.05) is 116 Å². The van der Waals surface area contributed by atoms with Crippen LogP contribution in [0.5, 0.6) is 0 Å². The second-order valence-electron chi connectivity index (χ2n) is 12.2. The molecule has 4 heterocycles. The van der Waals surface area contributed by atoms with Crippen LogP contribution < -0.4 is 0 Å². The highest BCUT2D eigenvalue weighted by Gasteiger charge is 2.29. The Kier molecular flexibility index (Phi) is 10.1. The van der Waals surface area contributed by atoms with Crippen molar-refractivity contribution >= 4 is 99.3 Å². The molecule has 0 bridgehead atoms. The molecule has 0 aliphatic rings. The van der Waals surface area contributed by atoms with E-state index < -0.39 is 0 Å². The second kappa shape index (κ2) is 15.4. The zero-order valence-electron chi connectivity index (χ0n) is 28.1. The molecule has 0 aliphatic carbocycles. The number of H-pyrrole nitrogens is 2. The van der Waals surface area contributed by atoms with Gasteiger partial charge in [-0.1, -0.05) is 85.6 Å². The molecule has 8 rings (SSSR count). The summed E-state index contributed by atoms with van der Waals surface area (Å²) in [6.45, 7) is 0. The van der Waals surface area contributed by atoms with Crippen molar-refractivity contribution in [2.45, 2.75) is 9.79 Å². The summed E-state index contributed by atoms with van der Waals surface area (Å²) in [6, 6.07) is 38.6. The molecule has 6 nitrogen and oxygen atoms in total. The number of nitrogens with one attached hydrogen (secondary N) is 2. The Hall–Kier alpha value is -5.68. The van der Waals surface area contributed by atoms with E-state index in [0.717, 1.165) is 51.7 Å². The molecule has 0 atom stereocenters. The first-order chi connectivity index (χ1) is 26.4. The van der Waals surface area contributed by atoms with Crippen molar-refractivity contribution in [1.82, 2.24) is 19.9 Å². The summed E-state index contributed by atoms with van der Waals surface area (Å²) in [7, 11) is 0. The Balaban J connectivity index is 1.57. The summed E-state index contributed by atoms with van der Waals surface area (Å²) in [6.07, 6.45) is 10.7. The number of aromatic nitrogens is 4. The van der Waals surface area contributed by atoms with Gasteiger partial charge in [-0.05, 0) is 83.9 Å². The lowest BCUT2D eigenvalue weighted by atomic mass is 9.81. The van der Waals surface area contributed by atoms with Crippen LogP contribution in [0.25, 0.3) is 55.2 Å². The minimum Gasteiger partial charge on any atom is -0.361 e. The topological polar surface area (TPSA) is 105 Å². The molecule has 258 valence electrons. The van der Waals surface area contributed by atoms with Crippen LogP contribution in [0.2, 0.25) is 5.02 Å². The molecule has 0 radical (unpaired) electrons. The van der Waals surface area contributed by atoms with Crippen molar-refractivity contribution in [1.29, 1.82) is 10.5 Å². The smallest absolute Gasteiger partial charge is 0.101 e. The molecule has 0 saturated carbocycles. The molecule has 0 spiro atoms. The van der Waals surface area contributed by atoms with Crippen LogP contribution in [0.15, 0.2) is 159 Å². The minimum absolute atomic E-state index is 0.330. The van der Waals surface area contributed by atoms with Crippen molar-refractivity contribution in [3.05, 3.63) is 177 Å². The predicted octanol–water partition coefficient (Wildman–Crippen LogP) is 13.0. The van der Waals surface area contributed by atoms with Crippen LogP contribution >= 0.6 is 55.2 Å². The monoisotopic (exact) mass is 862 g/mol. The fourth-order valence-electron chi connectivity index (χ4n) is 6.67. The van der Waals surface area contributed by atoms with E-state index in [4.69, 9.17) is 11.6 Å². The summed E-state index contributed by atoms with van der Waals surface area (Å²) in [4.78, 5) is 17.8. The highest BCUT2D eigenvalue weighted by Crippen LogP contribution is 2.49. The van der Waals surface area contributed by atoms with Gasteiger partial charge in [0.25, 0.3) is 0 Å². The van der Waals surface area contributed by atoms with Crippen molar-refractivity contribution < 1.29 is 0 Å². The first-order valence-electron chi connectivity index (χ1n) is 16.6. The molecule has 0 unspecified atom stereocenters. The Labute approximate surface area is 337 Å². The number of nitriles is 2. The average Bonchev–Trinajstić information content (AvgIpc) is 3.80. The van der Waals surface area contributed by atoms with E-state index in [-0.39, 0.29) is 0 Å². The van der Waals surface area contributed by atoms with E-state index in [0.29, 0.717) is 49.6 Å². The van der Waals surface area contributed by atoms with Gasteiger partial charge in [0, 0.05) is 116 Å². The molecule has 54 heavy (non-hydrogen) atoms. The van der Waals surface area contributed by atoms with Gasteiger partial charge < -0.3 is 9.97 Å². The maximum Gasteiger partial charge on any atom is 0.101 e. The molecular weight excluding hydrogens is 840 g/mol. The largest absolute Gasteiger partial charge is 0.361 e. The standard InChI is InChI=1S/C44H25Br2ClN6S/c45-27-6-4-5-26(17-27)31-13-15-50-22-38(31)43(34(20-48)37-25-53-41-12-10-29(47)19-33(37)41)44(35(21-49)36-24-52-40-11-9-28(46)18-32(36)40)39-23-51-16-14-42(39)54-30-7-2-1-3-8-30/h1-19,22-25,52-53H/b43-34-,44-35-. The van der Waals surface area contributed by atoms with E-state index in [1.54, 1.807) is 36.5 Å². The zero-order chi connectivity index (χ0) is 37.2. The normalized spacial score (nSPS) is 12.2. The lowest BCUT2D eigenvalue weighted by molar-refractivity contribution is 1.23. The van der Waals surface area contributed by atoms with Gasteiger partial charge in [0.2, 0.25) is 0 Å². The van der Waals surface area contributed by atoms with Gasteiger partial charge in [-0.25, -0.2) is 0 Å². The van der Waals surface area contributed by atoms with Crippen molar-refractivity contribution in [3.8, 4) is 23.3 Å². The molecule has 2 N–H and O–H groups in total. The highest BCUT2D eigenvalue weighted by atomic mass is 79.9. The third-order valence-electron chi connectivity index (χ3n) is 9.05. The maximum atomic E-state index is 11.4. The Morgan fingerprint density at radius 1 is 0.630 bits per heavy atom. The number of rotatable bonds is 8. The lowest BCUT2D eigenvalue weighted by Gasteiger charge is -2.22. The molecular formula is C44H25Br2ClN6S. The summed E-state index contributed by atoms with van der Waals surface area (Å²) in [5.74, 6) is 0. The van der Waals surface area contributed by atoms with Gasteiger partial charge in [0.05, 0.1) is 11.1 Å². The minimum atomic E-state index is 0.330. The third-order valence-corrected chi connectivity index (χ3v) is 11.4. The number of hydrogen-bond acceptors (Lipinski definition) is 5. The average molecular weight is 865 g/mol. The SMILES string of the molecule is N#C/C(=C(/C(=C(/C#N)c1c[nH]c2ccc(Cl)cc12)c1cnccc1-c1cccc(Br)c1)c1cnccc1Sc1ccccc1)c1c[nH]c2ccc(Br)cc12. The molecule has 0 aliphatic heterocycles. The van der Waals surface area contributed by atoms with Crippen molar-refractivity contribution in [2.75, 3.05) is 0 Å². The number of benzene rings is 4. The van der Waals surface area contributed by atoms with Crippen molar-refractivity contribution in [3.63, 3.8) is 0 Å². The number of allylic oxidation sites excluding steroid dienone is 4. The summed E-state index contributed by atoms with van der Waals surface area (Å²) < 4.78 is 1.76. The number of fused-ring (bicyclic) bond motifs is 2. The van der Waals surface area contributed by atoms with Crippen LogP contribution in [0, 0.1) is 22.7 Å². The van der Waals surface area contributed by atoms with Gasteiger partial charge in [-0.2, -0.15) is 10.5 Å². The van der Waals surface area contributed by atoms with Gasteiger partial charge in [0.15, 0.2) is 0 Å². The molecule has 4 aromatic carbocycles. The van der Waals surface area contributed by atoms with Crippen LogP contribution in [0.3, 0.4) is 0 Å². The number of pyridine rings is 2. The summed E-state index contributed by atoms with van der Waals surface area (Å²) >= 11 is 15.4.